The van der Waals surface area contributed by atoms with Crippen molar-refractivity contribution in [2.45, 2.75) is 13.3 Å². The van der Waals surface area contributed by atoms with Crippen molar-refractivity contribution < 1.29 is 14.3 Å². The number of hydrogen-bond acceptors (Lipinski definition) is 6. The van der Waals surface area contributed by atoms with E-state index in [9.17, 15) is 9.59 Å². The predicted octanol–water partition coefficient (Wildman–Crippen LogP) is 2.87. The molecule has 0 atom stereocenters. The molecule has 2 heterocycles. The average molecular weight is 351 g/mol. The second kappa shape index (κ2) is 7.14. The summed E-state index contributed by atoms with van der Waals surface area (Å²) in [6.45, 7) is 1.95. The van der Waals surface area contributed by atoms with Crippen LogP contribution in [0.5, 0.6) is 0 Å². The van der Waals surface area contributed by atoms with Gasteiger partial charge >= 0.3 is 5.97 Å². The van der Waals surface area contributed by atoms with Crippen LogP contribution >= 0.6 is 0 Å². The third-order valence-electron chi connectivity index (χ3n) is 3.78. The van der Waals surface area contributed by atoms with Gasteiger partial charge in [0.05, 0.1) is 24.9 Å². The third-order valence-corrected chi connectivity index (χ3v) is 3.78. The highest BCUT2D eigenvalue weighted by molar-refractivity contribution is 5.93. The molecule has 0 saturated heterocycles. The molecule has 3 aromatic rings. The number of hydrogen-bond donors (Lipinski definition) is 1. The molecule has 0 fully saturated rings. The summed E-state index contributed by atoms with van der Waals surface area (Å²) >= 11 is 0. The summed E-state index contributed by atoms with van der Waals surface area (Å²) in [5, 5.41) is 8.43. The molecule has 0 radical (unpaired) electrons. The van der Waals surface area contributed by atoms with Gasteiger partial charge in [0, 0.05) is 11.8 Å². The summed E-state index contributed by atoms with van der Waals surface area (Å²) in [5.74, 6) is -0.470. The van der Waals surface area contributed by atoms with E-state index in [1.54, 1.807) is 28.7 Å². The Kier molecular flexibility index (Phi) is 4.74. The zero-order chi connectivity index (χ0) is 18.7. The van der Waals surface area contributed by atoms with Crippen LogP contribution in [-0.2, 0) is 16.0 Å². The molecule has 0 aliphatic rings. The molecule has 0 aliphatic heterocycles. The first-order valence-corrected chi connectivity index (χ1v) is 7.84. The number of nitrogens with zero attached hydrogens (tertiary/aromatic N) is 4. The number of methoxy groups -OCH3 is 1. The summed E-state index contributed by atoms with van der Waals surface area (Å²) < 4.78 is 6.48. The number of rotatable bonds is 5. The molecule has 2 N–H and O–H groups in total. The smallest absolute Gasteiger partial charge is 0.311 e. The van der Waals surface area contributed by atoms with E-state index in [1.165, 1.54) is 7.11 Å². The minimum Gasteiger partial charge on any atom is -0.469 e. The van der Waals surface area contributed by atoms with Gasteiger partial charge in [-0.25, -0.2) is 4.98 Å². The molecule has 8 heteroatoms. The number of carbonyl (C=O) groups excluding carboxylic acids is 2. The lowest BCUT2D eigenvalue weighted by molar-refractivity contribution is -0.139. The van der Waals surface area contributed by atoms with Gasteiger partial charge in [-0.1, -0.05) is 0 Å². The van der Waals surface area contributed by atoms with E-state index >= 15 is 0 Å². The number of aromatic nitrogens is 2. The summed E-state index contributed by atoms with van der Waals surface area (Å²) in [6, 6.07) is 10.2. The number of amides is 1. The molecule has 0 unspecified atom stereocenters. The lowest BCUT2D eigenvalue weighted by Gasteiger charge is -2.00. The first kappa shape index (κ1) is 17.3. The molecule has 2 aromatic heterocycles. The van der Waals surface area contributed by atoms with Gasteiger partial charge in [0.1, 0.15) is 5.65 Å². The van der Waals surface area contributed by atoms with Crippen molar-refractivity contribution in [2.75, 3.05) is 7.11 Å². The number of azo groups is 1. The molecule has 26 heavy (non-hydrogen) atoms. The minimum atomic E-state index is -0.508. The monoisotopic (exact) mass is 351 g/mol. The van der Waals surface area contributed by atoms with Crippen molar-refractivity contribution in [3.63, 3.8) is 0 Å². The molecule has 0 bridgehead atoms. The van der Waals surface area contributed by atoms with Gasteiger partial charge in [0.2, 0.25) is 5.91 Å². The Morgan fingerprint density at radius 1 is 1.19 bits per heavy atom. The number of nitrogens with two attached hydrogens (primary N) is 1. The fourth-order valence-corrected chi connectivity index (χ4v) is 2.41. The molecule has 0 spiro atoms. The van der Waals surface area contributed by atoms with Crippen LogP contribution in [0.3, 0.4) is 0 Å². The summed E-state index contributed by atoms with van der Waals surface area (Å²) in [4.78, 5) is 27.2. The van der Waals surface area contributed by atoms with Crippen molar-refractivity contribution in [1.29, 1.82) is 0 Å². The number of benzene rings is 1. The van der Waals surface area contributed by atoms with Gasteiger partial charge in [-0.2, -0.15) is 0 Å². The molecule has 3 rings (SSSR count). The highest BCUT2D eigenvalue weighted by Gasteiger charge is 2.16. The van der Waals surface area contributed by atoms with Crippen molar-refractivity contribution in [2.24, 2.45) is 16.0 Å². The third kappa shape index (κ3) is 3.59. The average Bonchev–Trinajstić information content (AvgIpc) is 2.96. The molecular weight excluding hydrogens is 334 g/mol. The standard InChI is InChI=1S/C18H17N5O3/c1-11-7-8-23-15(9-11)20-14(10-16(24)26-2)18(23)22-21-13-5-3-12(4-6-13)17(19)25/h3-9H,10H2,1-2H3,(H2,19,25). The van der Waals surface area contributed by atoms with E-state index in [4.69, 9.17) is 10.5 Å². The fraction of sp³-hybridized carbons (Fsp3) is 0.167. The van der Waals surface area contributed by atoms with Crippen molar-refractivity contribution in [3.8, 4) is 0 Å². The van der Waals surface area contributed by atoms with Crippen molar-refractivity contribution in [1.82, 2.24) is 9.38 Å². The Morgan fingerprint density at radius 3 is 2.58 bits per heavy atom. The maximum Gasteiger partial charge on any atom is 0.311 e. The van der Waals surface area contributed by atoms with Gasteiger partial charge < -0.3 is 10.5 Å². The largest absolute Gasteiger partial charge is 0.469 e. The Morgan fingerprint density at radius 2 is 1.92 bits per heavy atom. The maximum atomic E-state index is 11.7. The fourth-order valence-electron chi connectivity index (χ4n) is 2.41. The van der Waals surface area contributed by atoms with Crippen LogP contribution in [0.15, 0.2) is 52.8 Å². The normalized spacial score (nSPS) is 11.2. The van der Waals surface area contributed by atoms with E-state index in [0.29, 0.717) is 28.4 Å². The van der Waals surface area contributed by atoms with Crippen LogP contribution in [0.2, 0.25) is 0 Å². The highest BCUT2D eigenvalue weighted by atomic mass is 16.5. The summed E-state index contributed by atoms with van der Waals surface area (Å²) in [5.41, 5.74) is 8.33. The van der Waals surface area contributed by atoms with Gasteiger partial charge in [0.25, 0.3) is 0 Å². The predicted molar refractivity (Wildman–Crippen MR) is 94.8 cm³/mol. The Balaban J connectivity index is 2.00. The van der Waals surface area contributed by atoms with Crippen LogP contribution < -0.4 is 5.73 Å². The number of ether oxygens (including phenoxy) is 1. The van der Waals surface area contributed by atoms with Gasteiger partial charge in [-0.05, 0) is 48.9 Å². The first-order valence-electron chi connectivity index (χ1n) is 7.84. The van der Waals surface area contributed by atoms with Crippen LogP contribution in [0.4, 0.5) is 11.5 Å². The van der Waals surface area contributed by atoms with Crippen LogP contribution in [0.25, 0.3) is 5.65 Å². The lowest BCUT2D eigenvalue weighted by Crippen LogP contribution is -2.10. The highest BCUT2D eigenvalue weighted by Crippen LogP contribution is 2.25. The van der Waals surface area contributed by atoms with E-state index in [-0.39, 0.29) is 6.42 Å². The number of primary amides is 1. The molecule has 8 nitrogen and oxygen atoms in total. The number of esters is 1. The van der Waals surface area contributed by atoms with E-state index < -0.39 is 11.9 Å². The summed E-state index contributed by atoms with van der Waals surface area (Å²) in [6.07, 6.45) is 1.81. The van der Waals surface area contributed by atoms with Crippen LogP contribution in [-0.4, -0.2) is 28.4 Å². The molecule has 1 amide bonds. The number of fused-ring (bicyclic) bond motifs is 1. The zero-order valence-corrected chi connectivity index (χ0v) is 14.3. The second-order valence-electron chi connectivity index (χ2n) is 5.68. The molecule has 0 saturated carbocycles. The van der Waals surface area contributed by atoms with E-state index in [0.717, 1.165) is 5.56 Å². The molecule has 0 aliphatic carbocycles. The van der Waals surface area contributed by atoms with Crippen molar-refractivity contribution >= 4 is 29.0 Å². The number of aryl methyl sites for hydroxylation is 1. The molecule has 132 valence electrons. The number of imidazole rings is 1. The van der Waals surface area contributed by atoms with Crippen molar-refractivity contribution in [3.05, 3.63) is 59.4 Å². The quantitative estimate of drug-likeness (QED) is 0.562. The van der Waals surface area contributed by atoms with Crippen LogP contribution in [0, 0.1) is 6.92 Å². The van der Waals surface area contributed by atoms with E-state index in [2.05, 4.69) is 15.2 Å². The minimum absolute atomic E-state index is 0.00774. The summed E-state index contributed by atoms with van der Waals surface area (Å²) in [7, 11) is 1.32. The second-order valence-corrected chi connectivity index (χ2v) is 5.68. The Bertz CT molecular complexity index is 1010. The number of pyridine rings is 1. The van der Waals surface area contributed by atoms with Gasteiger partial charge in [-0.15, -0.1) is 10.2 Å². The number of carbonyl (C=O) groups is 2. The lowest BCUT2D eigenvalue weighted by atomic mass is 10.2. The van der Waals surface area contributed by atoms with Gasteiger partial charge in [0.15, 0.2) is 5.82 Å². The molecule has 1 aromatic carbocycles. The first-order chi connectivity index (χ1) is 12.5. The van der Waals surface area contributed by atoms with Gasteiger partial charge in [-0.3, -0.25) is 14.0 Å². The SMILES string of the molecule is COC(=O)Cc1nc2cc(C)ccn2c1N=Nc1ccc(C(N)=O)cc1. The Labute approximate surface area is 149 Å². The topological polar surface area (TPSA) is 111 Å². The maximum absolute atomic E-state index is 11.7. The Hall–Kier alpha value is -3.55. The van der Waals surface area contributed by atoms with E-state index in [1.807, 2.05) is 25.3 Å². The van der Waals surface area contributed by atoms with Crippen LogP contribution in [0.1, 0.15) is 21.6 Å². The molecular formula is C18H17N5O3. The zero-order valence-electron chi connectivity index (χ0n) is 14.3.